The van der Waals surface area contributed by atoms with Gasteiger partial charge in [-0.1, -0.05) is 109 Å². The predicted octanol–water partition coefficient (Wildman–Crippen LogP) is 8.97. The molecular formula is C35H50O8. The van der Waals surface area contributed by atoms with Gasteiger partial charge in [-0.25, -0.2) is 19.2 Å². The summed E-state index contributed by atoms with van der Waals surface area (Å²) in [5.74, 6) is -3.00. The number of hydrogen-bond acceptors (Lipinski definition) is 6. The largest absolute Gasteiger partial charge is 0.478 e. The Morgan fingerprint density at radius 1 is 0.488 bits per heavy atom. The van der Waals surface area contributed by atoms with E-state index in [-0.39, 0.29) is 16.7 Å². The first-order chi connectivity index (χ1) is 20.8. The summed E-state index contributed by atoms with van der Waals surface area (Å²) in [6, 6.07) is 11.8. The fourth-order valence-electron chi connectivity index (χ4n) is 4.35. The molecule has 2 N–H and O–H groups in total. The zero-order chi connectivity index (χ0) is 31.7. The molecule has 0 bridgehead atoms. The molecule has 0 spiro atoms. The molecule has 0 amide bonds. The third kappa shape index (κ3) is 17.8. The molecule has 0 aliphatic carbocycles. The van der Waals surface area contributed by atoms with Gasteiger partial charge in [0, 0.05) is 0 Å². The highest BCUT2D eigenvalue weighted by Gasteiger charge is 2.11. The molecule has 0 saturated carbocycles. The van der Waals surface area contributed by atoms with Crippen molar-refractivity contribution >= 4 is 23.9 Å². The molecule has 0 atom stereocenters. The molecule has 2 aromatic rings. The lowest BCUT2D eigenvalue weighted by Gasteiger charge is -2.05. The standard InChI is InChI=1S/C18H26O4.C17H24O4/c1-2-3-4-5-6-7-8-9-13-22-18(21)16-12-10-11-15(14-16)17(19)20;1-2-3-4-5-6-7-8-12-21-17(20)15-11-9-10-14(13-15)16(18)19/h10-12,14H,2-9,13H2,1H3,(H,19,20);9-11,13H,2-8,12H2,1H3,(H,18,19). The molecule has 0 unspecified atom stereocenters. The lowest BCUT2D eigenvalue weighted by Crippen LogP contribution is -2.08. The molecule has 8 heteroatoms. The van der Waals surface area contributed by atoms with E-state index in [4.69, 9.17) is 19.7 Å². The second-order valence-corrected chi connectivity index (χ2v) is 10.6. The van der Waals surface area contributed by atoms with Gasteiger partial charge in [0.25, 0.3) is 0 Å². The fourth-order valence-corrected chi connectivity index (χ4v) is 4.35. The van der Waals surface area contributed by atoms with E-state index in [9.17, 15) is 19.2 Å². The first-order valence-electron chi connectivity index (χ1n) is 15.8. The van der Waals surface area contributed by atoms with Gasteiger partial charge in [0.1, 0.15) is 0 Å². The van der Waals surface area contributed by atoms with Gasteiger partial charge in [-0.3, -0.25) is 0 Å². The summed E-state index contributed by atoms with van der Waals surface area (Å²) >= 11 is 0. The van der Waals surface area contributed by atoms with Gasteiger partial charge in [0.05, 0.1) is 35.5 Å². The van der Waals surface area contributed by atoms with Crippen LogP contribution in [0.25, 0.3) is 0 Å². The molecule has 0 fully saturated rings. The highest BCUT2D eigenvalue weighted by Crippen LogP contribution is 2.11. The quantitative estimate of drug-likeness (QED) is 0.108. The molecule has 0 heterocycles. The second-order valence-electron chi connectivity index (χ2n) is 10.6. The van der Waals surface area contributed by atoms with Crippen molar-refractivity contribution < 1.29 is 38.9 Å². The van der Waals surface area contributed by atoms with Crippen LogP contribution in [0.1, 0.15) is 152 Å². The Morgan fingerprint density at radius 2 is 0.791 bits per heavy atom. The lowest BCUT2D eigenvalue weighted by atomic mass is 10.1. The molecule has 43 heavy (non-hydrogen) atoms. The third-order valence-electron chi connectivity index (χ3n) is 6.90. The van der Waals surface area contributed by atoms with Gasteiger partial charge in [-0.2, -0.15) is 0 Å². The Morgan fingerprint density at radius 3 is 1.12 bits per heavy atom. The molecule has 8 nitrogen and oxygen atoms in total. The number of unbranched alkanes of at least 4 members (excludes halogenated alkanes) is 13. The van der Waals surface area contributed by atoms with Crippen LogP contribution in [0.5, 0.6) is 0 Å². The van der Waals surface area contributed by atoms with Crippen LogP contribution < -0.4 is 0 Å². The minimum absolute atomic E-state index is 0.0976. The average molecular weight is 599 g/mol. The smallest absolute Gasteiger partial charge is 0.338 e. The summed E-state index contributed by atoms with van der Waals surface area (Å²) in [5, 5.41) is 17.8. The summed E-state index contributed by atoms with van der Waals surface area (Å²) in [6.45, 7) is 5.19. The van der Waals surface area contributed by atoms with Crippen LogP contribution in [0.2, 0.25) is 0 Å². The summed E-state index contributed by atoms with van der Waals surface area (Å²) in [5.41, 5.74) is 0.777. The molecule has 2 aromatic carbocycles. The van der Waals surface area contributed by atoms with Crippen LogP contribution in [0, 0.1) is 0 Å². The number of carboxylic acids is 2. The van der Waals surface area contributed by atoms with Crippen molar-refractivity contribution in [3.63, 3.8) is 0 Å². The summed E-state index contributed by atoms with van der Waals surface area (Å²) in [6.07, 6.45) is 17.7. The molecular weight excluding hydrogens is 548 g/mol. The van der Waals surface area contributed by atoms with Crippen molar-refractivity contribution in [1.82, 2.24) is 0 Å². The van der Waals surface area contributed by atoms with Crippen molar-refractivity contribution in [3.05, 3.63) is 70.8 Å². The van der Waals surface area contributed by atoms with Gasteiger partial charge >= 0.3 is 23.9 Å². The predicted molar refractivity (Wildman–Crippen MR) is 168 cm³/mol. The van der Waals surface area contributed by atoms with Crippen molar-refractivity contribution in [1.29, 1.82) is 0 Å². The van der Waals surface area contributed by atoms with Gasteiger partial charge in [0.2, 0.25) is 0 Å². The molecule has 2 rings (SSSR count). The van der Waals surface area contributed by atoms with Crippen LogP contribution in [0.4, 0.5) is 0 Å². The Labute approximate surface area is 256 Å². The van der Waals surface area contributed by atoms with E-state index >= 15 is 0 Å². The number of carbonyl (C=O) groups is 4. The monoisotopic (exact) mass is 598 g/mol. The van der Waals surface area contributed by atoms with E-state index in [1.165, 1.54) is 94.9 Å². The fraction of sp³-hybridized carbons (Fsp3) is 0.543. The number of carboxylic acid groups (broad SMARTS) is 2. The van der Waals surface area contributed by atoms with E-state index in [1.54, 1.807) is 24.3 Å². The van der Waals surface area contributed by atoms with E-state index in [1.807, 2.05) is 0 Å². The number of rotatable bonds is 21. The highest BCUT2D eigenvalue weighted by molar-refractivity contribution is 5.95. The molecule has 0 radical (unpaired) electrons. The maximum Gasteiger partial charge on any atom is 0.338 e. The van der Waals surface area contributed by atoms with Crippen LogP contribution in [0.3, 0.4) is 0 Å². The summed E-state index contributed by atoms with van der Waals surface area (Å²) < 4.78 is 10.3. The van der Waals surface area contributed by atoms with Crippen molar-refractivity contribution in [3.8, 4) is 0 Å². The van der Waals surface area contributed by atoms with Crippen LogP contribution in [0.15, 0.2) is 48.5 Å². The SMILES string of the molecule is CCCCCCCCCCOC(=O)c1cccc(C(=O)O)c1.CCCCCCCCCOC(=O)c1cccc(C(=O)O)c1. The normalized spacial score (nSPS) is 10.4. The number of carbonyl (C=O) groups excluding carboxylic acids is 2. The van der Waals surface area contributed by atoms with Crippen molar-refractivity contribution in [2.24, 2.45) is 0 Å². The first-order valence-corrected chi connectivity index (χ1v) is 15.8. The number of benzene rings is 2. The van der Waals surface area contributed by atoms with Crippen molar-refractivity contribution in [2.75, 3.05) is 13.2 Å². The van der Waals surface area contributed by atoms with Crippen molar-refractivity contribution in [2.45, 2.75) is 110 Å². The number of hydrogen-bond donors (Lipinski definition) is 2. The van der Waals surface area contributed by atoms with Gasteiger partial charge in [-0.15, -0.1) is 0 Å². The summed E-state index contributed by atoms with van der Waals surface area (Å²) in [4.78, 5) is 45.3. The maximum atomic E-state index is 11.8. The zero-order valence-corrected chi connectivity index (χ0v) is 26.0. The first kappa shape index (κ1) is 37.3. The summed E-state index contributed by atoms with van der Waals surface area (Å²) in [7, 11) is 0. The van der Waals surface area contributed by atoms with Crippen LogP contribution >= 0.6 is 0 Å². The van der Waals surface area contributed by atoms with E-state index in [0.29, 0.717) is 18.8 Å². The molecule has 0 aromatic heterocycles. The molecule has 0 aliphatic rings. The Bertz CT molecular complexity index is 1090. The van der Waals surface area contributed by atoms with Gasteiger partial charge < -0.3 is 19.7 Å². The molecule has 0 aliphatic heterocycles. The van der Waals surface area contributed by atoms with E-state index in [2.05, 4.69) is 13.8 Å². The topological polar surface area (TPSA) is 127 Å². The Kier molecular flexibility index (Phi) is 20.7. The second kappa shape index (κ2) is 23.8. The van der Waals surface area contributed by atoms with Gasteiger partial charge in [-0.05, 0) is 49.2 Å². The maximum absolute atomic E-state index is 11.8. The van der Waals surface area contributed by atoms with Crippen LogP contribution in [-0.4, -0.2) is 47.3 Å². The third-order valence-corrected chi connectivity index (χ3v) is 6.90. The number of ether oxygens (including phenoxy) is 2. The lowest BCUT2D eigenvalue weighted by molar-refractivity contribution is 0.0488. The van der Waals surface area contributed by atoms with E-state index < -0.39 is 23.9 Å². The van der Waals surface area contributed by atoms with E-state index in [0.717, 1.165) is 25.7 Å². The number of aromatic carboxylic acids is 2. The highest BCUT2D eigenvalue weighted by atomic mass is 16.5. The van der Waals surface area contributed by atoms with Crippen LogP contribution in [-0.2, 0) is 9.47 Å². The minimum atomic E-state index is -1.04. The number of esters is 2. The van der Waals surface area contributed by atoms with Gasteiger partial charge in [0.15, 0.2) is 0 Å². The Hall–Kier alpha value is -3.68. The molecule has 0 saturated heterocycles. The minimum Gasteiger partial charge on any atom is -0.478 e. The Balaban J connectivity index is 0.000000430. The average Bonchev–Trinajstić information content (AvgIpc) is 3.01. The molecule has 238 valence electrons. The zero-order valence-electron chi connectivity index (χ0n) is 26.0.